The minimum absolute atomic E-state index is 0.000465. The summed E-state index contributed by atoms with van der Waals surface area (Å²) in [7, 11) is -5.17. The second-order valence-electron chi connectivity index (χ2n) is 11.9. The fraction of sp³-hybridized carbons (Fsp3) is 0.516. The maximum Gasteiger partial charge on any atom is 0.210 e. The van der Waals surface area contributed by atoms with Crippen LogP contribution >= 0.6 is 0 Å². The number of rotatable bonds is 6. The number of likely N-dealkylation sites (tertiary alicyclic amines) is 2. The SMILES string of the molecule is CS(=O)c1ccc2ncc(S(=O)(=O)c3ccc(O)cc3)c(N3CCC(N4CCC(N5CCCC(O)C5)CC4)CC3)c2c1. The van der Waals surface area contributed by atoms with E-state index in [0.29, 0.717) is 46.7 Å². The number of hydrogen-bond donors (Lipinski definition) is 2. The van der Waals surface area contributed by atoms with Gasteiger partial charge in [0, 0.05) is 65.3 Å². The monoisotopic (exact) mass is 612 g/mol. The highest BCUT2D eigenvalue weighted by atomic mass is 32.2. The number of piperidine rings is 3. The maximum absolute atomic E-state index is 13.9. The van der Waals surface area contributed by atoms with Crippen molar-refractivity contribution >= 4 is 37.2 Å². The van der Waals surface area contributed by atoms with Gasteiger partial charge in [-0.1, -0.05) is 0 Å². The van der Waals surface area contributed by atoms with Gasteiger partial charge in [0.1, 0.15) is 10.6 Å². The van der Waals surface area contributed by atoms with Crippen LogP contribution in [0.2, 0.25) is 0 Å². The highest BCUT2D eigenvalue weighted by molar-refractivity contribution is 7.91. The van der Waals surface area contributed by atoms with E-state index in [2.05, 4.69) is 19.7 Å². The quantitative estimate of drug-likeness (QED) is 0.432. The highest BCUT2D eigenvalue weighted by Gasteiger charge is 2.34. The molecule has 3 aliphatic heterocycles. The Bertz CT molecular complexity index is 1550. The van der Waals surface area contributed by atoms with Gasteiger partial charge in [-0.05, 0) is 101 Å². The van der Waals surface area contributed by atoms with Gasteiger partial charge < -0.3 is 20.0 Å². The van der Waals surface area contributed by atoms with Crippen LogP contribution in [0.3, 0.4) is 0 Å². The molecule has 6 rings (SSSR count). The molecule has 9 nitrogen and oxygen atoms in total. The Kier molecular flexibility index (Phi) is 8.57. The Hall–Kier alpha value is -2.57. The van der Waals surface area contributed by atoms with E-state index in [1.165, 1.54) is 30.5 Å². The third-order valence-electron chi connectivity index (χ3n) is 9.29. The minimum atomic E-state index is -3.94. The van der Waals surface area contributed by atoms with Gasteiger partial charge in [0.25, 0.3) is 0 Å². The van der Waals surface area contributed by atoms with E-state index >= 15 is 0 Å². The van der Waals surface area contributed by atoms with Gasteiger partial charge in [-0.2, -0.15) is 0 Å². The molecular formula is C31H40N4O5S2. The molecule has 4 heterocycles. The predicted octanol–water partition coefficient (Wildman–Crippen LogP) is 3.40. The molecule has 0 spiro atoms. The standard InChI is InChI=1S/C31H40N4O5S2/c1-41(38)26-6-9-29-28(19-26)31(30(20-32-29)42(39,40)27-7-4-24(36)5-8-27)34-17-12-22(13-18-34)33-15-10-23(11-16-33)35-14-2-3-25(37)21-35/h4-9,19-20,22-23,25,36-37H,2-3,10-18,21H2,1H3. The molecule has 0 bridgehead atoms. The van der Waals surface area contributed by atoms with Crippen LogP contribution < -0.4 is 4.90 Å². The van der Waals surface area contributed by atoms with Crippen molar-refractivity contribution in [1.82, 2.24) is 14.8 Å². The van der Waals surface area contributed by atoms with Crippen LogP contribution in [-0.2, 0) is 20.6 Å². The Balaban J connectivity index is 1.24. The van der Waals surface area contributed by atoms with Crippen molar-refractivity contribution < 1.29 is 22.8 Å². The molecule has 2 N–H and O–H groups in total. The smallest absolute Gasteiger partial charge is 0.210 e. The average molecular weight is 613 g/mol. The number of pyridine rings is 1. The fourth-order valence-corrected chi connectivity index (χ4v) is 8.96. The van der Waals surface area contributed by atoms with Crippen molar-refractivity contribution in [3.05, 3.63) is 48.7 Å². The van der Waals surface area contributed by atoms with Crippen molar-refractivity contribution in [3.63, 3.8) is 0 Å². The van der Waals surface area contributed by atoms with Gasteiger partial charge in [0.15, 0.2) is 0 Å². The van der Waals surface area contributed by atoms with E-state index < -0.39 is 20.6 Å². The molecule has 0 saturated carbocycles. The fourth-order valence-electron chi connectivity index (χ4n) is 6.98. The van der Waals surface area contributed by atoms with Gasteiger partial charge in [-0.15, -0.1) is 0 Å². The van der Waals surface area contributed by atoms with Gasteiger partial charge in [-0.3, -0.25) is 14.1 Å². The Morgan fingerprint density at radius 2 is 1.55 bits per heavy atom. The molecule has 0 amide bonds. The van der Waals surface area contributed by atoms with E-state index in [-0.39, 0.29) is 21.6 Å². The maximum atomic E-state index is 13.9. The number of aromatic hydroxyl groups is 1. The zero-order valence-corrected chi connectivity index (χ0v) is 25.7. The molecule has 3 aromatic rings. The molecule has 3 fully saturated rings. The van der Waals surface area contributed by atoms with Crippen LogP contribution in [0, 0.1) is 0 Å². The number of aliphatic hydroxyl groups is 1. The number of anilines is 1. The summed E-state index contributed by atoms with van der Waals surface area (Å²) < 4.78 is 40.2. The number of aromatic nitrogens is 1. The lowest BCUT2D eigenvalue weighted by molar-refractivity contribution is 0.0170. The normalized spacial score (nSPS) is 22.9. The van der Waals surface area contributed by atoms with E-state index in [4.69, 9.17) is 0 Å². The van der Waals surface area contributed by atoms with Crippen LogP contribution in [0.1, 0.15) is 38.5 Å². The first-order valence-corrected chi connectivity index (χ1v) is 18.0. The summed E-state index contributed by atoms with van der Waals surface area (Å²) in [6.45, 7) is 5.39. The second kappa shape index (κ2) is 12.2. The summed E-state index contributed by atoms with van der Waals surface area (Å²) in [4.78, 5) is 12.6. The number of hydrogen-bond acceptors (Lipinski definition) is 9. The molecule has 42 heavy (non-hydrogen) atoms. The molecular weight excluding hydrogens is 572 g/mol. The number of aliphatic hydroxyl groups excluding tert-OH is 1. The molecule has 3 saturated heterocycles. The van der Waals surface area contributed by atoms with Crippen LogP contribution in [0.25, 0.3) is 10.9 Å². The number of fused-ring (bicyclic) bond motifs is 1. The van der Waals surface area contributed by atoms with Crippen molar-refractivity contribution in [2.45, 2.75) is 71.4 Å². The summed E-state index contributed by atoms with van der Waals surface area (Å²) in [5, 5.41) is 20.5. The molecule has 1 aromatic heterocycles. The zero-order valence-electron chi connectivity index (χ0n) is 24.1. The summed E-state index contributed by atoms with van der Waals surface area (Å²) in [6.07, 6.45) is 8.94. The molecule has 11 heteroatoms. The summed E-state index contributed by atoms with van der Waals surface area (Å²) in [6, 6.07) is 12.0. The number of phenolic OH excluding ortho intramolecular Hbond substituents is 1. The number of sulfone groups is 1. The largest absolute Gasteiger partial charge is 0.508 e. The first kappa shape index (κ1) is 29.5. The van der Waals surface area contributed by atoms with Crippen LogP contribution in [-0.4, -0.2) is 101 Å². The molecule has 226 valence electrons. The van der Waals surface area contributed by atoms with Gasteiger partial charge in [-0.25, -0.2) is 8.42 Å². The predicted molar refractivity (Wildman–Crippen MR) is 164 cm³/mol. The van der Waals surface area contributed by atoms with Crippen molar-refractivity contribution in [3.8, 4) is 5.75 Å². The van der Waals surface area contributed by atoms with E-state index in [1.54, 1.807) is 12.3 Å². The topological polar surface area (TPSA) is 114 Å². The number of benzene rings is 2. The number of β-amino-alcohol motifs (C(OH)–C–C–N with tert-alkyl or cyclic N) is 1. The van der Waals surface area contributed by atoms with Crippen LogP contribution in [0.4, 0.5) is 5.69 Å². The Labute approximate surface area is 250 Å². The number of phenols is 1. The van der Waals surface area contributed by atoms with Crippen LogP contribution in [0.15, 0.2) is 63.3 Å². The van der Waals surface area contributed by atoms with E-state index in [0.717, 1.165) is 64.7 Å². The van der Waals surface area contributed by atoms with Gasteiger partial charge in [0.05, 0.1) is 22.2 Å². The third-order valence-corrected chi connectivity index (χ3v) is 12.0. The molecule has 2 aromatic carbocycles. The lowest BCUT2D eigenvalue weighted by atomic mass is 9.95. The van der Waals surface area contributed by atoms with Crippen LogP contribution in [0.5, 0.6) is 5.75 Å². The highest BCUT2D eigenvalue weighted by Crippen LogP contribution is 2.39. The Morgan fingerprint density at radius 1 is 0.881 bits per heavy atom. The van der Waals surface area contributed by atoms with Gasteiger partial charge >= 0.3 is 0 Å². The molecule has 0 radical (unpaired) electrons. The third kappa shape index (κ3) is 5.94. The number of nitrogens with zero attached hydrogens (tertiary/aromatic N) is 4. The lowest BCUT2D eigenvalue weighted by Crippen LogP contribution is -2.53. The van der Waals surface area contributed by atoms with Crippen molar-refractivity contribution in [1.29, 1.82) is 0 Å². The molecule has 2 atom stereocenters. The first-order valence-electron chi connectivity index (χ1n) is 14.9. The molecule has 0 aliphatic carbocycles. The lowest BCUT2D eigenvalue weighted by Gasteiger charge is -2.45. The Morgan fingerprint density at radius 3 is 2.21 bits per heavy atom. The van der Waals surface area contributed by atoms with E-state index in [9.17, 15) is 22.8 Å². The molecule has 3 aliphatic rings. The molecule has 2 unspecified atom stereocenters. The minimum Gasteiger partial charge on any atom is -0.508 e. The van der Waals surface area contributed by atoms with E-state index in [1.807, 2.05) is 12.1 Å². The zero-order chi connectivity index (χ0) is 29.4. The first-order chi connectivity index (χ1) is 20.2. The van der Waals surface area contributed by atoms with Crippen molar-refractivity contribution in [2.75, 3.05) is 50.4 Å². The van der Waals surface area contributed by atoms with Gasteiger partial charge in [0.2, 0.25) is 9.84 Å². The summed E-state index contributed by atoms with van der Waals surface area (Å²) >= 11 is 0. The summed E-state index contributed by atoms with van der Waals surface area (Å²) in [5.41, 5.74) is 1.28. The average Bonchev–Trinajstić information content (AvgIpc) is 3.00. The second-order valence-corrected chi connectivity index (χ2v) is 15.2. The van der Waals surface area contributed by atoms with Crippen molar-refractivity contribution in [2.24, 2.45) is 0 Å². The summed E-state index contributed by atoms with van der Waals surface area (Å²) in [5.74, 6) is 0.000465.